The second kappa shape index (κ2) is 8.59. The molecular formula is C17H25FN2O5S. The number of esters is 1. The largest absolute Gasteiger partial charge is 0.449 e. The van der Waals surface area contributed by atoms with Crippen LogP contribution in [0.15, 0.2) is 23.1 Å². The van der Waals surface area contributed by atoms with Crippen molar-refractivity contribution in [3.05, 3.63) is 29.6 Å². The molecule has 1 amide bonds. The fraction of sp³-hybridized carbons (Fsp3) is 0.529. The maximum atomic E-state index is 14.0. The van der Waals surface area contributed by atoms with Crippen LogP contribution in [0.5, 0.6) is 0 Å². The SMILES string of the molecule is CNS(=O)(=O)c1ccc(F)c(C(=O)OC(C)C(=O)N(C(C)C)C(C)C)c1. The molecule has 0 bridgehead atoms. The molecule has 0 aromatic heterocycles. The summed E-state index contributed by atoms with van der Waals surface area (Å²) in [6.07, 6.45) is -1.14. The zero-order valence-electron chi connectivity index (χ0n) is 15.7. The number of ether oxygens (including phenoxy) is 1. The summed E-state index contributed by atoms with van der Waals surface area (Å²) < 4.78 is 44.7. The van der Waals surface area contributed by atoms with E-state index in [0.717, 1.165) is 18.2 Å². The number of sulfonamides is 1. The first-order valence-electron chi connectivity index (χ1n) is 8.18. The van der Waals surface area contributed by atoms with E-state index in [4.69, 9.17) is 4.74 Å². The minimum absolute atomic E-state index is 0.107. The van der Waals surface area contributed by atoms with Gasteiger partial charge in [-0.2, -0.15) is 0 Å². The minimum Gasteiger partial charge on any atom is -0.449 e. The lowest BCUT2D eigenvalue weighted by molar-refractivity contribution is -0.143. The normalized spacial score (nSPS) is 13.0. The number of carbonyl (C=O) groups excluding carboxylic acids is 2. The first-order valence-corrected chi connectivity index (χ1v) is 9.67. The number of rotatable bonds is 7. The molecule has 0 radical (unpaired) electrons. The maximum Gasteiger partial charge on any atom is 0.341 e. The van der Waals surface area contributed by atoms with E-state index in [0.29, 0.717) is 0 Å². The van der Waals surface area contributed by atoms with Crippen LogP contribution in [-0.2, 0) is 19.6 Å². The summed E-state index contributed by atoms with van der Waals surface area (Å²) in [6.45, 7) is 8.72. The average Bonchev–Trinajstić information content (AvgIpc) is 2.53. The molecule has 0 aliphatic heterocycles. The van der Waals surface area contributed by atoms with Gasteiger partial charge < -0.3 is 9.64 Å². The molecule has 0 fully saturated rings. The number of benzene rings is 1. The fourth-order valence-electron chi connectivity index (χ4n) is 2.54. The van der Waals surface area contributed by atoms with E-state index in [1.54, 1.807) is 4.90 Å². The summed E-state index contributed by atoms with van der Waals surface area (Å²) in [6, 6.07) is 2.56. The van der Waals surface area contributed by atoms with Gasteiger partial charge in [0.2, 0.25) is 10.0 Å². The molecule has 7 nitrogen and oxygen atoms in total. The summed E-state index contributed by atoms with van der Waals surface area (Å²) in [7, 11) is -2.65. The van der Waals surface area contributed by atoms with Gasteiger partial charge in [0.25, 0.3) is 5.91 Å². The van der Waals surface area contributed by atoms with Crippen molar-refractivity contribution in [2.45, 2.75) is 57.7 Å². The van der Waals surface area contributed by atoms with Crippen LogP contribution in [0.3, 0.4) is 0 Å². The first kappa shape index (κ1) is 22.0. The third-order valence-electron chi connectivity index (χ3n) is 3.74. The Morgan fingerprint density at radius 1 is 1.12 bits per heavy atom. The molecule has 1 atom stereocenters. The quantitative estimate of drug-likeness (QED) is 0.721. The highest BCUT2D eigenvalue weighted by Crippen LogP contribution is 2.17. The highest BCUT2D eigenvalue weighted by Gasteiger charge is 2.29. The molecule has 1 aromatic rings. The summed E-state index contributed by atoms with van der Waals surface area (Å²) in [4.78, 5) is 26.0. The van der Waals surface area contributed by atoms with E-state index >= 15 is 0 Å². The van der Waals surface area contributed by atoms with Crippen molar-refractivity contribution >= 4 is 21.9 Å². The summed E-state index contributed by atoms with van der Waals surface area (Å²) >= 11 is 0. The van der Waals surface area contributed by atoms with Crippen molar-refractivity contribution < 1.29 is 27.1 Å². The summed E-state index contributed by atoms with van der Waals surface area (Å²) in [5, 5.41) is 0. The topological polar surface area (TPSA) is 92.8 Å². The lowest BCUT2D eigenvalue weighted by atomic mass is 10.2. The molecule has 0 saturated heterocycles. The van der Waals surface area contributed by atoms with Crippen molar-refractivity contribution in [3.63, 3.8) is 0 Å². The Morgan fingerprint density at radius 3 is 2.12 bits per heavy atom. The summed E-state index contributed by atoms with van der Waals surface area (Å²) in [5.41, 5.74) is -0.554. The fourth-order valence-corrected chi connectivity index (χ4v) is 3.29. The number of nitrogens with one attached hydrogen (secondary N) is 1. The van der Waals surface area contributed by atoms with Crippen LogP contribution in [0.1, 0.15) is 45.0 Å². The van der Waals surface area contributed by atoms with Gasteiger partial charge in [0.1, 0.15) is 5.82 Å². The zero-order chi connectivity index (χ0) is 20.2. The van der Waals surface area contributed by atoms with Gasteiger partial charge in [0, 0.05) is 12.1 Å². The molecule has 9 heteroatoms. The Balaban J connectivity index is 3.07. The number of nitrogens with zero attached hydrogens (tertiary/aromatic N) is 1. The molecule has 146 valence electrons. The van der Waals surface area contributed by atoms with Crippen LogP contribution < -0.4 is 4.72 Å². The Hall–Kier alpha value is -2.00. The minimum atomic E-state index is -3.85. The Morgan fingerprint density at radius 2 is 1.65 bits per heavy atom. The predicted octanol–water partition coefficient (Wildman–Crippen LogP) is 1.92. The highest BCUT2D eigenvalue weighted by molar-refractivity contribution is 7.89. The predicted molar refractivity (Wildman–Crippen MR) is 94.6 cm³/mol. The van der Waals surface area contributed by atoms with E-state index in [-0.39, 0.29) is 17.0 Å². The Bertz CT molecular complexity index is 769. The molecular weight excluding hydrogens is 363 g/mol. The molecule has 26 heavy (non-hydrogen) atoms. The van der Waals surface area contributed by atoms with Gasteiger partial charge in [-0.25, -0.2) is 22.3 Å². The van der Waals surface area contributed by atoms with Crippen molar-refractivity contribution in [2.75, 3.05) is 7.05 Å². The van der Waals surface area contributed by atoms with Gasteiger partial charge in [0.15, 0.2) is 6.10 Å². The second-order valence-electron chi connectivity index (χ2n) is 6.33. The number of hydrogen-bond acceptors (Lipinski definition) is 5. The Kier molecular flexibility index (Phi) is 7.28. The lowest BCUT2D eigenvalue weighted by Gasteiger charge is -2.32. The summed E-state index contributed by atoms with van der Waals surface area (Å²) in [5.74, 6) is -2.46. The van der Waals surface area contributed by atoms with Gasteiger partial charge in [-0.3, -0.25) is 4.79 Å². The molecule has 0 aliphatic carbocycles. The molecule has 0 aliphatic rings. The number of carbonyl (C=O) groups is 2. The smallest absolute Gasteiger partial charge is 0.341 e. The van der Waals surface area contributed by atoms with Crippen molar-refractivity contribution in [1.29, 1.82) is 0 Å². The lowest BCUT2D eigenvalue weighted by Crippen LogP contribution is -2.47. The number of amides is 1. The molecule has 0 heterocycles. The highest BCUT2D eigenvalue weighted by atomic mass is 32.2. The maximum absolute atomic E-state index is 14.0. The van der Waals surface area contributed by atoms with E-state index in [1.807, 2.05) is 27.7 Å². The third kappa shape index (κ3) is 5.01. The molecule has 0 saturated carbocycles. The van der Waals surface area contributed by atoms with E-state index in [2.05, 4.69) is 4.72 Å². The number of halogens is 1. The molecule has 0 spiro atoms. The van der Waals surface area contributed by atoms with Gasteiger partial charge in [-0.1, -0.05) is 0 Å². The molecule has 1 N–H and O–H groups in total. The van der Waals surface area contributed by atoms with Crippen LogP contribution in [-0.4, -0.2) is 50.4 Å². The van der Waals surface area contributed by atoms with Crippen molar-refractivity contribution in [1.82, 2.24) is 9.62 Å². The first-order chi connectivity index (χ1) is 11.9. The van der Waals surface area contributed by atoms with Gasteiger partial charge in [-0.05, 0) is 59.9 Å². The van der Waals surface area contributed by atoms with Crippen LogP contribution in [0.2, 0.25) is 0 Å². The van der Waals surface area contributed by atoms with Gasteiger partial charge in [0.05, 0.1) is 10.5 Å². The van der Waals surface area contributed by atoms with Crippen molar-refractivity contribution in [2.24, 2.45) is 0 Å². The van der Waals surface area contributed by atoms with Crippen LogP contribution >= 0.6 is 0 Å². The van der Waals surface area contributed by atoms with Crippen molar-refractivity contribution in [3.8, 4) is 0 Å². The van der Waals surface area contributed by atoms with Crippen LogP contribution in [0, 0.1) is 5.82 Å². The van der Waals surface area contributed by atoms with Gasteiger partial charge in [-0.15, -0.1) is 0 Å². The van der Waals surface area contributed by atoms with Crippen LogP contribution in [0.25, 0.3) is 0 Å². The van der Waals surface area contributed by atoms with E-state index in [1.165, 1.54) is 14.0 Å². The molecule has 1 rings (SSSR count). The Labute approximate surface area is 153 Å². The van der Waals surface area contributed by atoms with E-state index in [9.17, 15) is 22.4 Å². The third-order valence-corrected chi connectivity index (χ3v) is 5.15. The van der Waals surface area contributed by atoms with E-state index < -0.39 is 39.4 Å². The standard InChI is InChI=1S/C17H25FN2O5S/c1-10(2)20(11(3)4)16(21)12(5)25-17(22)14-9-13(7-8-15(14)18)26(23,24)19-6/h7-12,19H,1-6H3. The second-order valence-corrected chi connectivity index (χ2v) is 8.22. The number of hydrogen-bond donors (Lipinski definition) is 1. The van der Waals surface area contributed by atoms with Gasteiger partial charge >= 0.3 is 5.97 Å². The molecule has 1 aromatic carbocycles. The monoisotopic (exact) mass is 388 g/mol. The average molecular weight is 388 g/mol. The molecule has 1 unspecified atom stereocenters. The van der Waals surface area contributed by atoms with Crippen LogP contribution in [0.4, 0.5) is 4.39 Å². The zero-order valence-corrected chi connectivity index (χ0v) is 16.6.